The van der Waals surface area contributed by atoms with Crippen LogP contribution >= 0.6 is 0 Å². The van der Waals surface area contributed by atoms with Crippen LogP contribution in [-0.2, 0) is 4.79 Å². The normalized spacial score (nSPS) is 16.1. The smallest absolute Gasteiger partial charge is 0.227 e. The van der Waals surface area contributed by atoms with E-state index >= 15 is 0 Å². The van der Waals surface area contributed by atoms with Crippen LogP contribution in [0.2, 0.25) is 0 Å². The molecule has 1 aromatic rings. The minimum atomic E-state index is 0.137. The molecule has 0 aromatic carbocycles. The van der Waals surface area contributed by atoms with Gasteiger partial charge in [0, 0.05) is 53.4 Å². The Morgan fingerprint density at radius 2 is 1.90 bits per heavy atom. The van der Waals surface area contributed by atoms with Crippen molar-refractivity contribution in [3.63, 3.8) is 0 Å². The first-order chi connectivity index (χ1) is 9.49. The first-order valence-electron chi connectivity index (χ1n) is 6.95. The Balaban J connectivity index is 2.00. The molecule has 0 saturated carbocycles. The van der Waals surface area contributed by atoms with Crippen LogP contribution < -0.4 is 9.80 Å². The molecular weight excluding hydrogens is 254 g/mol. The lowest BCUT2D eigenvalue weighted by atomic mass is 9.96. The second-order valence-electron chi connectivity index (χ2n) is 5.60. The topological polar surface area (TPSA) is 52.6 Å². The largest absolute Gasteiger partial charge is 0.363 e. The summed E-state index contributed by atoms with van der Waals surface area (Å²) in [7, 11) is 7.57. The molecule has 0 bridgehead atoms. The summed E-state index contributed by atoms with van der Waals surface area (Å²) < 4.78 is 0. The molecule has 0 unspecified atom stereocenters. The highest BCUT2D eigenvalue weighted by Crippen LogP contribution is 2.22. The molecule has 1 amide bonds. The third-order valence-corrected chi connectivity index (χ3v) is 3.65. The molecule has 0 N–H and O–H groups in total. The lowest BCUT2D eigenvalue weighted by Gasteiger charge is -2.32. The number of piperidine rings is 1. The molecule has 20 heavy (non-hydrogen) atoms. The zero-order valence-corrected chi connectivity index (χ0v) is 12.7. The van der Waals surface area contributed by atoms with Gasteiger partial charge in [-0.05, 0) is 18.9 Å². The van der Waals surface area contributed by atoms with Crippen LogP contribution in [0, 0.1) is 5.92 Å². The van der Waals surface area contributed by atoms with E-state index in [0.717, 1.165) is 37.7 Å². The summed E-state index contributed by atoms with van der Waals surface area (Å²) in [6.45, 7) is 1.67. The van der Waals surface area contributed by atoms with Gasteiger partial charge in [0.05, 0.1) is 0 Å². The number of hydrogen-bond donors (Lipinski definition) is 0. The second-order valence-corrected chi connectivity index (χ2v) is 5.60. The summed E-state index contributed by atoms with van der Waals surface area (Å²) in [6.07, 6.45) is 3.52. The molecule has 1 saturated heterocycles. The molecule has 2 rings (SSSR count). The van der Waals surface area contributed by atoms with Crippen molar-refractivity contribution in [2.24, 2.45) is 5.92 Å². The lowest BCUT2D eigenvalue weighted by molar-refractivity contribution is -0.133. The van der Waals surface area contributed by atoms with Crippen molar-refractivity contribution in [1.29, 1.82) is 0 Å². The van der Waals surface area contributed by atoms with Crippen molar-refractivity contribution in [3.8, 4) is 0 Å². The molecule has 0 atom stereocenters. The van der Waals surface area contributed by atoms with Gasteiger partial charge in [-0.15, -0.1) is 0 Å². The third kappa shape index (κ3) is 3.18. The highest BCUT2D eigenvalue weighted by atomic mass is 16.2. The summed E-state index contributed by atoms with van der Waals surface area (Å²) in [5, 5.41) is 0. The van der Waals surface area contributed by atoms with E-state index in [-0.39, 0.29) is 11.8 Å². The predicted molar refractivity (Wildman–Crippen MR) is 80.0 cm³/mol. The monoisotopic (exact) mass is 277 g/mol. The van der Waals surface area contributed by atoms with E-state index in [1.165, 1.54) is 0 Å². The average molecular weight is 277 g/mol. The lowest BCUT2D eigenvalue weighted by Crippen LogP contribution is -2.40. The van der Waals surface area contributed by atoms with Gasteiger partial charge >= 0.3 is 0 Å². The van der Waals surface area contributed by atoms with Crippen molar-refractivity contribution < 1.29 is 4.79 Å². The first kappa shape index (κ1) is 14.6. The minimum Gasteiger partial charge on any atom is -0.363 e. The van der Waals surface area contributed by atoms with Gasteiger partial charge in [0.25, 0.3) is 0 Å². The molecule has 110 valence electrons. The Labute approximate surface area is 120 Å². The van der Waals surface area contributed by atoms with Crippen molar-refractivity contribution in [1.82, 2.24) is 14.9 Å². The molecule has 6 nitrogen and oxygen atoms in total. The molecule has 0 radical (unpaired) electrons. The number of hydrogen-bond acceptors (Lipinski definition) is 5. The molecule has 1 aliphatic rings. The van der Waals surface area contributed by atoms with Gasteiger partial charge in [0.2, 0.25) is 11.9 Å². The molecule has 1 aliphatic heterocycles. The zero-order chi connectivity index (χ0) is 14.7. The molecule has 1 aromatic heterocycles. The number of carbonyl (C=O) groups is 1. The van der Waals surface area contributed by atoms with E-state index in [1.807, 2.05) is 39.2 Å². The van der Waals surface area contributed by atoms with Gasteiger partial charge < -0.3 is 14.7 Å². The number of rotatable bonds is 3. The van der Waals surface area contributed by atoms with E-state index in [2.05, 4.69) is 14.9 Å². The van der Waals surface area contributed by atoms with Crippen LogP contribution in [-0.4, -0.2) is 62.1 Å². The third-order valence-electron chi connectivity index (χ3n) is 3.65. The average Bonchev–Trinajstić information content (AvgIpc) is 2.46. The number of nitrogens with zero attached hydrogens (tertiary/aromatic N) is 5. The Morgan fingerprint density at radius 1 is 1.25 bits per heavy atom. The molecule has 1 fully saturated rings. The maximum absolute atomic E-state index is 12.0. The van der Waals surface area contributed by atoms with Crippen molar-refractivity contribution in [2.45, 2.75) is 12.8 Å². The highest BCUT2D eigenvalue weighted by Gasteiger charge is 2.27. The fourth-order valence-corrected chi connectivity index (χ4v) is 2.43. The van der Waals surface area contributed by atoms with Crippen molar-refractivity contribution in [2.75, 3.05) is 51.1 Å². The fourth-order valence-electron chi connectivity index (χ4n) is 2.43. The number of aromatic nitrogens is 2. The molecular formula is C14H23N5O. The Kier molecular flexibility index (Phi) is 4.42. The summed E-state index contributed by atoms with van der Waals surface area (Å²) in [5.41, 5.74) is 0. The summed E-state index contributed by atoms with van der Waals surface area (Å²) >= 11 is 0. The summed E-state index contributed by atoms with van der Waals surface area (Å²) in [5.74, 6) is 2.03. The molecule has 2 heterocycles. The van der Waals surface area contributed by atoms with Gasteiger partial charge in [-0.3, -0.25) is 4.79 Å². The van der Waals surface area contributed by atoms with Gasteiger partial charge in [-0.25, -0.2) is 4.98 Å². The first-order valence-corrected chi connectivity index (χ1v) is 6.95. The fraction of sp³-hybridized carbons (Fsp3) is 0.643. The quantitative estimate of drug-likeness (QED) is 0.820. The van der Waals surface area contributed by atoms with Gasteiger partial charge in [-0.1, -0.05) is 0 Å². The van der Waals surface area contributed by atoms with E-state index in [1.54, 1.807) is 11.1 Å². The van der Waals surface area contributed by atoms with E-state index in [0.29, 0.717) is 0 Å². The Bertz CT molecular complexity index is 466. The van der Waals surface area contributed by atoms with Crippen LogP contribution in [0.5, 0.6) is 0 Å². The maximum Gasteiger partial charge on any atom is 0.227 e. The molecule has 0 aliphatic carbocycles. The minimum absolute atomic E-state index is 0.137. The van der Waals surface area contributed by atoms with Crippen LogP contribution in [0.15, 0.2) is 12.3 Å². The van der Waals surface area contributed by atoms with Crippen LogP contribution in [0.25, 0.3) is 0 Å². The molecule has 6 heteroatoms. The van der Waals surface area contributed by atoms with Crippen molar-refractivity contribution >= 4 is 17.7 Å². The van der Waals surface area contributed by atoms with Gasteiger partial charge in [-0.2, -0.15) is 4.98 Å². The SMILES string of the molecule is CN(C)C(=O)C1CCN(c2nccc(N(C)C)n2)CC1. The van der Waals surface area contributed by atoms with Gasteiger partial charge in [0.15, 0.2) is 0 Å². The van der Waals surface area contributed by atoms with Crippen LogP contribution in [0.3, 0.4) is 0 Å². The molecule has 0 spiro atoms. The Morgan fingerprint density at radius 3 is 2.45 bits per heavy atom. The predicted octanol–water partition coefficient (Wildman–Crippen LogP) is 0.847. The standard InChI is InChI=1S/C14H23N5O/c1-17(2)12-5-8-15-14(16-12)19-9-6-11(7-10-19)13(20)18(3)4/h5,8,11H,6-7,9-10H2,1-4H3. The zero-order valence-electron chi connectivity index (χ0n) is 12.7. The second kappa shape index (κ2) is 6.07. The van der Waals surface area contributed by atoms with E-state index in [4.69, 9.17) is 0 Å². The van der Waals surface area contributed by atoms with E-state index in [9.17, 15) is 4.79 Å². The van der Waals surface area contributed by atoms with Gasteiger partial charge in [0.1, 0.15) is 5.82 Å². The van der Waals surface area contributed by atoms with Crippen LogP contribution in [0.4, 0.5) is 11.8 Å². The number of amides is 1. The summed E-state index contributed by atoms with van der Waals surface area (Å²) in [4.78, 5) is 26.7. The number of anilines is 2. The summed E-state index contributed by atoms with van der Waals surface area (Å²) in [6, 6.07) is 1.89. The maximum atomic E-state index is 12.0. The number of carbonyl (C=O) groups excluding carboxylic acids is 1. The van der Waals surface area contributed by atoms with Crippen LogP contribution in [0.1, 0.15) is 12.8 Å². The Hall–Kier alpha value is -1.85. The van der Waals surface area contributed by atoms with Crippen molar-refractivity contribution in [3.05, 3.63) is 12.3 Å². The van der Waals surface area contributed by atoms with E-state index < -0.39 is 0 Å². The highest BCUT2D eigenvalue weighted by molar-refractivity contribution is 5.78.